The third-order valence-corrected chi connectivity index (χ3v) is 7.45. The van der Waals surface area contributed by atoms with Gasteiger partial charge in [0.05, 0.1) is 10.6 Å². The summed E-state index contributed by atoms with van der Waals surface area (Å²) in [7, 11) is -3.84. The van der Waals surface area contributed by atoms with Crippen molar-refractivity contribution in [3.63, 3.8) is 0 Å². The van der Waals surface area contributed by atoms with Crippen molar-refractivity contribution in [3.8, 4) is 0 Å². The Bertz CT molecular complexity index is 1240. The Labute approximate surface area is 181 Å². The molecule has 3 aromatic rings. The van der Waals surface area contributed by atoms with Gasteiger partial charge >= 0.3 is 0 Å². The number of amides is 1. The van der Waals surface area contributed by atoms with Crippen LogP contribution in [0.5, 0.6) is 0 Å². The van der Waals surface area contributed by atoms with E-state index >= 15 is 0 Å². The molecule has 0 saturated heterocycles. The van der Waals surface area contributed by atoms with Crippen molar-refractivity contribution in [1.29, 1.82) is 0 Å². The highest BCUT2D eigenvalue weighted by Crippen LogP contribution is 2.37. The zero-order chi connectivity index (χ0) is 22.2. The summed E-state index contributed by atoms with van der Waals surface area (Å²) in [5.74, 6) is -0.731. The molecular weight excluding hydrogens is 415 g/mol. The van der Waals surface area contributed by atoms with Crippen molar-refractivity contribution >= 4 is 27.3 Å². The number of anilines is 2. The van der Waals surface area contributed by atoms with Gasteiger partial charge in [-0.15, -0.1) is 0 Å². The Morgan fingerprint density at radius 1 is 1.10 bits per heavy atom. The second-order valence-electron chi connectivity index (χ2n) is 7.62. The Kier molecular flexibility index (Phi) is 5.54. The van der Waals surface area contributed by atoms with Gasteiger partial charge in [-0.2, -0.15) is 0 Å². The minimum absolute atomic E-state index is 0.0339. The van der Waals surface area contributed by atoms with E-state index in [9.17, 15) is 17.6 Å². The van der Waals surface area contributed by atoms with E-state index in [-0.39, 0.29) is 16.8 Å². The second kappa shape index (κ2) is 8.15. The molecule has 0 aliphatic carbocycles. The molecule has 0 unspecified atom stereocenters. The molecule has 5 nitrogen and oxygen atoms in total. The van der Waals surface area contributed by atoms with Gasteiger partial charge in [-0.25, -0.2) is 12.8 Å². The minimum atomic E-state index is -3.84. The predicted octanol–water partition coefficient (Wildman–Crippen LogP) is 4.78. The molecule has 0 bridgehead atoms. The normalized spacial score (nSPS) is 15.6. The molecule has 1 atom stereocenters. The number of para-hydroxylation sites is 1. The van der Waals surface area contributed by atoms with E-state index in [0.717, 1.165) is 35.4 Å². The number of rotatable bonds is 5. The Morgan fingerprint density at radius 2 is 1.81 bits per heavy atom. The SMILES string of the molecule is CCc1ccccc1NC(=O)c1ccc2c(c1)C[C@H](C)N2S(=O)(=O)c1ccc(F)cc1. The van der Waals surface area contributed by atoms with Crippen LogP contribution in [-0.2, 0) is 22.9 Å². The fourth-order valence-electron chi connectivity index (χ4n) is 3.98. The lowest BCUT2D eigenvalue weighted by atomic mass is 10.1. The molecule has 7 heteroatoms. The molecule has 3 aromatic carbocycles. The molecule has 0 radical (unpaired) electrons. The first kappa shape index (κ1) is 21.1. The van der Waals surface area contributed by atoms with Crippen LogP contribution >= 0.6 is 0 Å². The molecule has 1 aliphatic rings. The Balaban J connectivity index is 1.63. The van der Waals surface area contributed by atoms with Crippen LogP contribution in [0.25, 0.3) is 0 Å². The van der Waals surface area contributed by atoms with Crippen molar-refractivity contribution in [2.45, 2.75) is 37.6 Å². The molecule has 0 spiro atoms. The highest BCUT2D eigenvalue weighted by molar-refractivity contribution is 7.92. The maximum atomic E-state index is 13.2. The maximum absolute atomic E-state index is 13.2. The number of fused-ring (bicyclic) bond motifs is 1. The van der Waals surface area contributed by atoms with E-state index in [1.165, 1.54) is 16.4 Å². The summed E-state index contributed by atoms with van der Waals surface area (Å²) in [5.41, 5.74) is 3.61. The number of benzene rings is 3. The third-order valence-electron chi connectivity index (χ3n) is 5.51. The standard InChI is InChI=1S/C24H23FN2O3S/c1-3-17-6-4-5-7-22(17)26-24(28)18-8-13-23-19(15-18)14-16(2)27(23)31(29,30)21-11-9-20(25)10-12-21/h4-13,15-16H,3,14H2,1-2H3,(H,26,28)/t16-/m0/s1. The van der Waals surface area contributed by atoms with E-state index in [2.05, 4.69) is 5.32 Å². The van der Waals surface area contributed by atoms with E-state index in [0.29, 0.717) is 17.7 Å². The van der Waals surface area contributed by atoms with Crippen molar-refractivity contribution < 1.29 is 17.6 Å². The van der Waals surface area contributed by atoms with Crippen molar-refractivity contribution in [2.24, 2.45) is 0 Å². The average Bonchev–Trinajstić information content (AvgIpc) is 3.10. The first-order valence-corrected chi connectivity index (χ1v) is 11.6. The zero-order valence-electron chi connectivity index (χ0n) is 17.3. The molecule has 1 amide bonds. The third kappa shape index (κ3) is 3.93. The van der Waals surface area contributed by atoms with Crippen LogP contribution in [-0.4, -0.2) is 20.4 Å². The van der Waals surface area contributed by atoms with Gasteiger partial charge in [0.25, 0.3) is 15.9 Å². The van der Waals surface area contributed by atoms with Crippen LogP contribution in [0, 0.1) is 5.82 Å². The lowest BCUT2D eigenvalue weighted by molar-refractivity contribution is 0.102. The molecule has 4 rings (SSSR count). The molecule has 1 N–H and O–H groups in total. The first-order chi connectivity index (χ1) is 14.8. The van der Waals surface area contributed by atoms with Gasteiger partial charge in [0.2, 0.25) is 0 Å². The quantitative estimate of drug-likeness (QED) is 0.623. The van der Waals surface area contributed by atoms with Crippen molar-refractivity contribution in [3.05, 3.63) is 89.2 Å². The summed E-state index contributed by atoms with van der Waals surface area (Å²) in [6.07, 6.45) is 1.29. The highest BCUT2D eigenvalue weighted by Gasteiger charge is 2.36. The number of carbonyl (C=O) groups is 1. The summed E-state index contributed by atoms with van der Waals surface area (Å²) >= 11 is 0. The van der Waals surface area contributed by atoms with Crippen molar-refractivity contribution in [1.82, 2.24) is 0 Å². The predicted molar refractivity (Wildman–Crippen MR) is 119 cm³/mol. The second-order valence-corrected chi connectivity index (χ2v) is 9.43. The maximum Gasteiger partial charge on any atom is 0.264 e. The largest absolute Gasteiger partial charge is 0.322 e. The first-order valence-electron chi connectivity index (χ1n) is 10.1. The van der Waals surface area contributed by atoms with Crippen LogP contribution in [0.2, 0.25) is 0 Å². The number of nitrogens with zero attached hydrogens (tertiary/aromatic N) is 1. The summed E-state index contributed by atoms with van der Waals surface area (Å²) in [6, 6.07) is 17.2. The van der Waals surface area contributed by atoms with Gasteiger partial charge in [-0.1, -0.05) is 25.1 Å². The molecule has 0 saturated carbocycles. The molecule has 160 valence electrons. The summed E-state index contributed by atoms with van der Waals surface area (Å²) < 4.78 is 40.9. The highest BCUT2D eigenvalue weighted by atomic mass is 32.2. The fourth-order valence-corrected chi connectivity index (χ4v) is 5.67. The summed E-state index contributed by atoms with van der Waals surface area (Å²) in [6.45, 7) is 3.84. The average molecular weight is 439 g/mol. The number of nitrogens with one attached hydrogen (secondary N) is 1. The Morgan fingerprint density at radius 3 is 2.52 bits per heavy atom. The minimum Gasteiger partial charge on any atom is -0.322 e. The van der Waals surface area contributed by atoms with Gasteiger partial charge < -0.3 is 5.32 Å². The number of halogens is 1. The van der Waals surface area contributed by atoms with Crippen LogP contribution < -0.4 is 9.62 Å². The topological polar surface area (TPSA) is 66.5 Å². The van der Waals surface area contributed by atoms with Crippen LogP contribution in [0.4, 0.5) is 15.8 Å². The van der Waals surface area contributed by atoms with Gasteiger partial charge in [0, 0.05) is 17.3 Å². The van der Waals surface area contributed by atoms with Crippen LogP contribution in [0.1, 0.15) is 35.3 Å². The lowest BCUT2D eigenvalue weighted by Crippen LogP contribution is -2.35. The van der Waals surface area contributed by atoms with Gasteiger partial charge in [0.1, 0.15) is 5.82 Å². The van der Waals surface area contributed by atoms with Gasteiger partial charge in [-0.3, -0.25) is 9.10 Å². The number of aryl methyl sites for hydroxylation is 1. The number of hydrogen-bond acceptors (Lipinski definition) is 3. The number of sulfonamides is 1. The van der Waals surface area contributed by atoms with Gasteiger partial charge in [-0.05, 0) is 79.4 Å². The molecule has 0 aromatic heterocycles. The zero-order valence-corrected chi connectivity index (χ0v) is 18.1. The van der Waals surface area contributed by atoms with Crippen molar-refractivity contribution in [2.75, 3.05) is 9.62 Å². The number of hydrogen-bond donors (Lipinski definition) is 1. The fraction of sp³-hybridized carbons (Fsp3) is 0.208. The van der Waals surface area contributed by atoms with E-state index in [1.54, 1.807) is 18.2 Å². The molecule has 1 heterocycles. The van der Waals surface area contributed by atoms with Gasteiger partial charge in [0.15, 0.2) is 0 Å². The smallest absolute Gasteiger partial charge is 0.264 e. The Hall–Kier alpha value is -3.19. The lowest BCUT2D eigenvalue weighted by Gasteiger charge is -2.24. The summed E-state index contributed by atoms with van der Waals surface area (Å²) in [4.78, 5) is 12.9. The van der Waals surface area contributed by atoms with E-state index in [4.69, 9.17) is 0 Å². The molecule has 0 fully saturated rings. The van der Waals surface area contributed by atoms with Crippen LogP contribution in [0.15, 0.2) is 71.6 Å². The summed E-state index contributed by atoms with van der Waals surface area (Å²) in [5, 5.41) is 2.95. The molecule has 1 aliphatic heterocycles. The van der Waals surface area contributed by atoms with E-state index in [1.807, 2.05) is 38.1 Å². The molecular formula is C24H23FN2O3S. The molecule has 31 heavy (non-hydrogen) atoms. The van der Waals surface area contributed by atoms with E-state index < -0.39 is 15.8 Å². The van der Waals surface area contributed by atoms with Crippen LogP contribution in [0.3, 0.4) is 0 Å². The number of carbonyl (C=O) groups excluding carboxylic acids is 1. The monoisotopic (exact) mass is 438 g/mol.